The number of anilines is 1. The Morgan fingerprint density at radius 2 is 1.90 bits per heavy atom. The molecule has 0 amide bonds. The molecule has 0 fully saturated rings. The fraction of sp³-hybridized carbons (Fsp3) is 0.733. The van der Waals surface area contributed by atoms with Gasteiger partial charge in [-0.2, -0.15) is 0 Å². The van der Waals surface area contributed by atoms with E-state index in [-0.39, 0.29) is 6.10 Å². The van der Waals surface area contributed by atoms with Crippen LogP contribution in [0.5, 0.6) is 0 Å². The zero-order valence-electron chi connectivity index (χ0n) is 13.5. The SMILES string of the molecule is COC(C)CNc1cnc(C(C)C)nc1CNC(C)C. The average Bonchev–Trinajstić information content (AvgIpc) is 2.42. The molecule has 0 aliphatic rings. The molecule has 20 heavy (non-hydrogen) atoms. The molecule has 0 spiro atoms. The number of rotatable bonds is 8. The smallest absolute Gasteiger partial charge is 0.131 e. The Hall–Kier alpha value is -1.20. The van der Waals surface area contributed by atoms with Crippen molar-refractivity contribution in [3.8, 4) is 0 Å². The molecule has 1 rings (SSSR count). The lowest BCUT2D eigenvalue weighted by Gasteiger charge is -2.17. The topological polar surface area (TPSA) is 59.1 Å². The van der Waals surface area contributed by atoms with Gasteiger partial charge in [-0.25, -0.2) is 9.97 Å². The summed E-state index contributed by atoms with van der Waals surface area (Å²) in [5, 5.41) is 6.77. The molecule has 0 saturated heterocycles. The standard InChI is InChI=1S/C15H28N4O/c1-10(2)15-18-8-13(17-7-12(5)20-6)14(19-15)9-16-11(3)4/h8,10-12,16-17H,7,9H2,1-6H3. The predicted molar refractivity (Wildman–Crippen MR) is 83.1 cm³/mol. The number of nitrogens with zero attached hydrogens (tertiary/aromatic N) is 2. The van der Waals surface area contributed by atoms with Crippen molar-refractivity contribution < 1.29 is 4.74 Å². The number of hydrogen-bond donors (Lipinski definition) is 2. The average molecular weight is 280 g/mol. The van der Waals surface area contributed by atoms with Gasteiger partial charge in [0.05, 0.1) is 23.7 Å². The molecular weight excluding hydrogens is 252 g/mol. The highest BCUT2D eigenvalue weighted by Crippen LogP contribution is 2.16. The van der Waals surface area contributed by atoms with Crippen molar-refractivity contribution >= 4 is 5.69 Å². The summed E-state index contributed by atoms with van der Waals surface area (Å²) < 4.78 is 5.25. The van der Waals surface area contributed by atoms with Gasteiger partial charge >= 0.3 is 0 Å². The zero-order valence-corrected chi connectivity index (χ0v) is 13.5. The van der Waals surface area contributed by atoms with Gasteiger partial charge in [0.15, 0.2) is 0 Å². The van der Waals surface area contributed by atoms with Crippen molar-refractivity contribution in [2.75, 3.05) is 19.0 Å². The van der Waals surface area contributed by atoms with E-state index in [2.05, 4.69) is 48.3 Å². The van der Waals surface area contributed by atoms with Crippen LogP contribution in [0, 0.1) is 0 Å². The Bertz CT molecular complexity index is 407. The molecule has 0 bridgehead atoms. The van der Waals surface area contributed by atoms with Crippen LogP contribution in [-0.2, 0) is 11.3 Å². The highest BCUT2D eigenvalue weighted by atomic mass is 16.5. The molecule has 1 unspecified atom stereocenters. The summed E-state index contributed by atoms with van der Waals surface area (Å²) in [7, 11) is 1.71. The summed E-state index contributed by atoms with van der Waals surface area (Å²) in [6, 6.07) is 0.429. The third kappa shape index (κ3) is 5.43. The molecule has 5 heteroatoms. The van der Waals surface area contributed by atoms with Crippen molar-refractivity contribution in [1.29, 1.82) is 0 Å². The molecule has 0 aliphatic carbocycles. The predicted octanol–water partition coefficient (Wildman–Crippen LogP) is 2.54. The summed E-state index contributed by atoms with van der Waals surface area (Å²) in [5.74, 6) is 1.22. The fourth-order valence-corrected chi connectivity index (χ4v) is 1.63. The first-order chi connectivity index (χ1) is 9.43. The Morgan fingerprint density at radius 1 is 1.20 bits per heavy atom. The van der Waals surface area contributed by atoms with Gasteiger partial charge in [-0.05, 0) is 6.92 Å². The quantitative estimate of drug-likeness (QED) is 0.766. The molecule has 0 radical (unpaired) electrons. The molecular formula is C15H28N4O. The minimum Gasteiger partial charge on any atom is -0.380 e. The van der Waals surface area contributed by atoms with Crippen LogP contribution < -0.4 is 10.6 Å². The summed E-state index contributed by atoms with van der Waals surface area (Å²) in [6.07, 6.45) is 2.04. The third-order valence-corrected chi connectivity index (χ3v) is 3.06. The van der Waals surface area contributed by atoms with Crippen molar-refractivity contribution in [3.05, 3.63) is 17.7 Å². The molecule has 114 valence electrons. The van der Waals surface area contributed by atoms with E-state index >= 15 is 0 Å². The lowest BCUT2D eigenvalue weighted by atomic mass is 10.2. The van der Waals surface area contributed by atoms with Gasteiger partial charge in [-0.15, -0.1) is 0 Å². The van der Waals surface area contributed by atoms with Crippen molar-refractivity contribution in [2.24, 2.45) is 0 Å². The Balaban J connectivity index is 2.84. The van der Waals surface area contributed by atoms with E-state index in [1.54, 1.807) is 7.11 Å². The van der Waals surface area contributed by atoms with Gasteiger partial charge < -0.3 is 15.4 Å². The lowest BCUT2D eigenvalue weighted by Crippen LogP contribution is -2.25. The number of aromatic nitrogens is 2. The molecule has 0 aliphatic heterocycles. The molecule has 1 aromatic heterocycles. The number of nitrogens with one attached hydrogen (secondary N) is 2. The molecule has 1 atom stereocenters. The minimum absolute atomic E-state index is 0.158. The van der Waals surface area contributed by atoms with Crippen LogP contribution in [0.3, 0.4) is 0 Å². The summed E-state index contributed by atoms with van der Waals surface area (Å²) in [5.41, 5.74) is 1.99. The van der Waals surface area contributed by atoms with E-state index in [1.807, 2.05) is 13.1 Å². The highest BCUT2D eigenvalue weighted by molar-refractivity contribution is 5.46. The van der Waals surface area contributed by atoms with Crippen LogP contribution in [-0.4, -0.2) is 35.8 Å². The van der Waals surface area contributed by atoms with Crippen LogP contribution in [0.25, 0.3) is 0 Å². The Kier molecular flexibility index (Phi) is 6.88. The second-order valence-electron chi connectivity index (χ2n) is 5.71. The fourth-order valence-electron chi connectivity index (χ4n) is 1.63. The first kappa shape index (κ1) is 16.9. The van der Waals surface area contributed by atoms with Crippen LogP contribution >= 0.6 is 0 Å². The third-order valence-electron chi connectivity index (χ3n) is 3.06. The maximum atomic E-state index is 5.25. The van der Waals surface area contributed by atoms with Crippen molar-refractivity contribution in [3.63, 3.8) is 0 Å². The van der Waals surface area contributed by atoms with Gasteiger partial charge in [0.1, 0.15) is 5.82 Å². The van der Waals surface area contributed by atoms with Gasteiger partial charge in [0, 0.05) is 32.2 Å². The second kappa shape index (κ2) is 8.17. The molecule has 1 aromatic rings. The zero-order chi connectivity index (χ0) is 15.1. The number of methoxy groups -OCH3 is 1. The summed E-state index contributed by atoms with van der Waals surface area (Å²) in [4.78, 5) is 9.10. The summed E-state index contributed by atoms with van der Waals surface area (Å²) in [6.45, 7) is 12.0. The van der Waals surface area contributed by atoms with Crippen molar-refractivity contribution in [1.82, 2.24) is 15.3 Å². The van der Waals surface area contributed by atoms with E-state index in [1.165, 1.54) is 0 Å². The van der Waals surface area contributed by atoms with E-state index in [4.69, 9.17) is 4.74 Å². The minimum atomic E-state index is 0.158. The Labute approximate surface area is 122 Å². The van der Waals surface area contributed by atoms with Crippen LogP contribution in [0.4, 0.5) is 5.69 Å². The summed E-state index contributed by atoms with van der Waals surface area (Å²) >= 11 is 0. The molecule has 0 aromatic carbocycles. The van der Waals surface area contributed by atoms with Crippen LogP contribution in [0.2, 0.25) is 0 Å². The van der Waals surface area contributed by atoms with Crippen LogP contribution in [0.1, 0.15) is 52.1 Å². The van der Waals surface area contributed by atoms with Crippen molar-refractivity contribution in [2.45, 2.75) is 59.2 Å². The number of hydrogen-bond acceptors (Lipinski definition) is 5. The maximum absolute atomic E-state index is 5.25. The van der Waals surface area contributed by atoms with Gasteiger partial charge in [-0.3, -0.25) is 0 Å². The van der Waals surface area contributed by atoms with Gasteiger partial charge in [-0.1, -0.05) is 27.7 Å². The van der Waals surface area contributed by atoms with Gasteiger partial charge in [0.2, 0.25) is 0 Å². The Morgan fingerprint density at radius 3 is 2.45 bits per heavy atom. The lowest BCUT2D eigenvalue weighted by molar-refractivity contribution is 0.129. The highest BCUT2D eigenvalue weighted by Gasteiger charge is 2.11. The largest absolute Gasteiger partial charge is 0.380 e. The van der Waals surface area contributed by atoms with E-state index in [0.717, 1.165) is 30.3 Å². The normalized spacial score (nSPS) is 13.0. The van der Waals surface area contributed by atoms with E-state index in [0.29, 0.717) is 12.0 Å². The first-order valence-corrected chi connectivity index (χ1v) is 7.29. The first-order valence-electron chi connectivity index (χ1n) is 7.29. The van der Waals surface area contributed by atoms with Gasteiger partial charge in [0.25, 0.3) is 0 Å². The monoisotopic (exact) mass is 280 g/mol. The maximum Gasteiger partial charge on any atom is 0.131 e. The molecule has 5 nitrogen and oxygen atoms in total. The molecule has 1 heterocycles. The number of ether oxygens (including phenoxy) is 1. The second-order valence-corrected chi connectivity index (χ2v) is 5.71. The van der Waals surface area contributed by atoms with E-state index < -0.39 is 0 Å². The molecule has 2 N–H and O–H groups in total. The van der Waals surface area contributed by atoms with E-state index in [9.17, 15) is 0 Å². The van der Waals surface area contributed by atoms with Crippen LogP contribution in [0.15, 0.2) is 6.20 Å². The molecule has 0 saturated carbocycles.